The van der Waals surface area contributed by atoms with Crippen LogP contribution in [0.25, 0.3) is 11.3 Å². The molecule has 0 unspecified atom stereocenters. The lowest BCUT2D eigenvalue weighted by atomic mass is 10.0. The second kappa shape index (κ2) is 9.90. The first-order chi connectivity index (χ1) is 13.2. The molecular weight excluding hydrogens is 378 g/mol. The van der Waals surface area contributed by atoms with Crippen LogP contribution in [-0.2, 0) is 9.59 Å². The van der Waals surface area contributed by atoms with Crippen LogP contribution in [0.3, 0.4) is 0 Å². The summed E-state index contributed by atoms with van der Waals surface area (Å²) in [6.45, 7) is 0. The van der Waals surface area contributed by atoms with E-state index in [9.17, 15) is 9.59 Å². The molecule has 5 nitrogen and oxygen atoms in total. The van der Waals surface area contributed by atoms with E-state index < -0.39 is 0 Å². The van der Waals surface area contributed by atoms with Gasteiger partial charge in [0.05, 0.1) is 5.75 Å². The molecule has 1 fully saturated rings. The van der Waals surface area contributed by atoms with Crippen molar-refractivity contribution in [3.05, 3.63) is 30.3 Å². The minimum Gasteiger partial charge on any atom is -0.358 e. The SMILES string of the molecule is CNC(=O)CSc1nc(-c2ccccc2)c(NC(=O)CCC2CCCC2)s1. The van der Waals surface area contributed by atoms with Gasteiger partial charge in [0, 0.05) is 19.0 Å². The zero-order valence-corrected chi connectivity index (χ0v) is 17.1. The molecule has 2 aromatic rings. The zero-order valence-electron chi connectivity index (χ0n) is 15.5. The third kappa shape index (κ3) is 5.81. The molecule has 0 radical (unpaired) electrons. The van der Waals surface area contributed by atoms with Gasteiger partial charge in [-0.15, -0.1) is 0 Å². The van der Waals surface area contributed by atoms with Gasteiger partial charge in [0.1, 0.15) is 10.7 Å². The number of nitrogens with zero attached hydrogens (tertiary/aromatic N) is 1. The summed E-state index contributed by atoms with van der Waals surface area (Å²) in [5.74, 6) is 1.02. The lowest BCUT2D eigenvalue weighted by molar-refractivity contribution is -0.118. The van der Waals surface area contributed by atoms with Crippen molar-refractivity contribution in [3.8, 4) is 11.3 Å². The number of thiazole rings is 1. The van der Waals surface area contributed by atoms with Crippen molar-refractivity contribution >= 4 is 39.9 Å². The summed E-state index contributed by atoms with van der Waals surface area (Å²) < 4.78 is 0.781. The summed E-state index contributed by atoms with van der Waals surface area (Å²) in [6.07, 6.45) is 6.62. The van der Waals surface area contributed by atoms with Crippen LogP contribution in [0.15, 0.2) is 34.7 Å². The number of carbonyl (C=O) groups is 2. The summed E-state index contributed by atoms with van der Waals surface area (Å²) in [5.41, 5.74) is 1.74. The Kier molecular flexibility index (Phi) is 7.29. The van der Waals surface area contributed by atoms with E-state index in [0.29, 0.717) is 18.1 Å². The quantitative estimate of drug-likeness (QED) is 0.634. The van der Waals surface area contributed by atoms with E-state index >= 15 is 0 Å². The predicted molar refractivity (Wildman–Crippen MR) is 112 cm³/mol. The summed E-state index contributed by atoms with van der Waals surface area (Å²) in [4.78, 5) is 28.6. The second-order valence-corrected chi connectivity index (χ2v) is 8.94. The van der Waals surface area contributed by atoms with Gasteiger partial charge < -0.3 is 10.6 Å². The Morgan fingerprint density at radius 3 is 2.63 bits per heavy atom. The highest BCUT2D eigenvalue weighted by Crippen LogP contribution is 2.38. The van der Waals surface area contributed by atoms with Gasteiger partial charge >= 0.3 is 0 Å². The van der Waals surface area contributed by atoms with Gasteiger partial charge in [-0.3, -0.25) is 9.59 Å². The number of thioether (sulfide) groups is 1. The molecule has 3 rings (SSSR count). The number of anilines is 1. The smallest absolute Gasteiger partial charge is 0.230 e. The maximum atomic E-state index is 12.5. The van der Waals surface area contributed by atoms with Gasteiger partial charge in [0.15, 0.2) is 4.34 Å². The third-order valence-corrected chi connectivity index (χ3v) is 6.88. The highest BCUT2D eigenvalue weighted by molar-refractivity contribution is 8.01. The number of rotatable bonds is 8. The van der Waals surface area contributed by atoms with E-state index in [1.165, 1.54) is 48.8 Å². The molecule has 7 heteroatoms. The Morgan fingerprint density at radius 1 is 1.19 bits per heavy atom. The van der Waals surface area contributed by atoms with Crippen LogP contribution >= 0.6 is 23.1 Å². The van der Waals surface area contributed by atoms with E-state index in [2.05, 4.69) is 15.6 Å². The van der Waals surface area contributed by atoms with Crippen molar-refractivity contribution in [1.29, 1.82) is 0 Å². The zero-order chi connectivity index (χ0) is 19.1. The Labute approximate surface area is 168 Å². The monoisotopic (exact) mass is 403 g/mol. The number of hydrogen-bond acceptors (Lipinski definition) is 5. The van der Waals surface area contributed by atoms with E-state index in [0.717, 1.165) is 27.0 Å². The summed E-state index contributed by atoms with van der Waals surface area (Å²) >= 11 is 2.82. The van der Waals surface area contributed by atoms with Crippen LogP contribution in [0.5, 0.6) is 0 Å². The van der Waals surface area contributed by atoms with Crippen LogP contribution in [-0.4, -0.2) is 29.6 Å². The standard InChI is InChI=1S/C20H25N3O2S2/c1-21-17(25)13-26-20-23-18(15-9-3-2-4-10-15)19(27-20)22-16(24)12-11-14-7-5-6-8-14/h2-4,9-10,14H,5-8,11-13H2,1H3,(H,21,25)(H,22,24). The first-order valence-corrected chi connectivity index (χ1v) is 11.2. The summed E-state index contributed by atoms with van der Waals surface area (Å²) in [6, 6.07) is 9.83. The lowest BCUT2D eigenvalue weighted by Crippen LogP contribution is -2.19. The van der Waals surface area contributed by atoms with Gasteiger partial charge in [-0.1, -0.05) is 79.1 Å². The molecule has 0 atom stereocenters. The molecule has 0 saturated heterocycles. The van der Waals surface area contributed by atoms with Crippen molar-refractivity contribution in [2.75, 3.05) is 18.1 Å². The Hall–Kier alpha value is -1.86. The van der Waals surface area contributed by atoms with Crippen molar-refractivity contribution in [1.82, 2.24) is 10.3 Å². The topological polar surface area (TPSA) is 71.1 Å². The minimum atomic E-state index is -0.0430. The summed E-state index contributed by atoms with van der Waals surface area (Å²) in [7, 11) is 1.62. The Bertz CT molecular complexity index is 771. The molecule has 1 aromatic carbocycles. The molecule has 144 valence electrons. The lowest BCUT2D eigenvalue weighted by Gasteiger charge is -2.09. The van der Waals surface area contributed by atoms with Gasteiger partial charge in [-0.05, 0) is 12.3 Å². The van der Waals surface area contributed by atoms with Gasteiger partial charge in [-0.25, -0.2) is 4.98 Å². The first kappa shape index (κ1) is 19.9. The van der Waals surface area contributed by atoms with Crippen LogP contribution in [0.4, 0.5) is 5.00 Å². The van der Waals surface area contributed by atoms with Crippen LogP contribution in [0.2, 0.25) is 0 Å². The average Bonchev–Trinajstić information content (AvgIpc) is 3.35. The molecule has 1 aliphatic rings. The number of carbonyl (C=O) groups excluding carboxylic acids is 2. The van der Waals surface area contributed by atoms with E-state index in [1.807, 2.05) is 30.3 Å². The van der Waals surface area contributed by atoms with Crippen molar-refractivity contribution in [3.63, 3.8) is 0 Å². The Morgan fingerprint density at radius 2 is 1.93 bits per heavy atom. The first-order valence-electron chi connectivity index (χ1n) is 9.35. The summed E-state index contributed by atoms with van der Waals surface area (Å²) in [5, 5.41) is 6.43. The number of aromatic nitrogens is 1. The fourth-order valence-corrected chi connectivity index (χ4v) is 5.22. The number of amides is 2. The fourth-order valence-electron chi connectivity index (χ4n) is 3.26. The van der Waals surface area contributed by atoms with Gasteiger partial charge in [-0.2, -0.15) is 0 Å². The normalized spacial score (nSPS) is 14.3. The second-order valence-electron chi connectivity index (χ2n) is 6.72. The molecule has 1 aromatic heterocycles. The van der Waals surface area contributed by atoms with E-state index in [4.69, 9.17) is 0 Å². The molecule has 1 aliphatic carbocycles. The molecule has 27 heavy (non-hydrogen) atoms. The number of hydrogen-bond donors (Lipinski definition) is 2. The van der Waals surface area contributed by atoms with E-state index in [1.54, 1.807) is 7.05 Å². The number of nitrogens with one attached hydrogen (secondary N) is 2. The molecule has 1 saturated carbocycles. The molecule has 0 aliphatic heterocycles. The minimum absolute atomic E-state index is 0.0430. The molecule has 0 spiro atoms. The van der Waals surface area contributed by atoms with Crippen molar-refractivity contribution < 1.29 is 9.59 Å². The molecule has 2 N–H and O–H groups in total. The van der Waals surface area contributed by atoms with Gasteiger partial charge in [0.2, 0.25) is 11.8 Å². The molecule has 2 amide bonds. The predicted octanol–water partition coefficient (Wildman–Crippen LogP) is 4.56. The van der Waals surface area contributed by atoms with Crippen molar-refractivity contribution in [2.45, 2.75) is 42.9 Å². The highest BCUT2D eigenvalue weighted by Gasteiger charge is 2.19. The molecule has 0 bridgehead atoms. The van der Waals surface area contributed by atoms with Crippen molar-refractivity contribution in [2.24, 2.45) is 5.92 Å². The maximum absolute atomic E-state index is 12.5. The van der Waals surface area contributed by atoms with Crippen LogP contribution in [0.1, 0.15) is 38.5 Å². The largest absolute Gasteiger partial charge is 0.358 e. The Balaban J connectivity index is 1.70. The van der Waals surface area contributed by atoms with E-state index in [-0.39, 0.29) is 11.8 Å². The maximum Gasteiger partial charge on any atom is 0.230 e. The van der Waals surface area contributed by atoms with Crippen LogP contribution < -0.4 is 10.6 Å². The fraction of sp³-hybridized carbons (Fsp3) is 0.450. The number of benzene rings is 1. The third-order valence-electron chi connectivity index (χ3n) is 4.77. The van der Waals surface area contributed by atoms with Gasteiger partial charge in [0.25, 0.3) is 0 Å². The molecular formula is C20H25N3O2S2. The van der Waals surface area contributed by atoms with Crippen LogP contribution in [0, 0.1) is 5.92 Å². The molecule has 1 heterocycles. The average molecular weight is 404 g/mol. The highest BCUT2D eigenvalue weighted by atomic mass is 32.2.